The van der Waals surface area contributed by atoms with Crippen LogP contribution in [0.3, 0.4) is 0 Å². The minimum atomic E-state index is -0.180. The first kappa shape index (κ1) is 14.6. The Labute approximate surface area is 129 Å². The lowest BCUT2D eigenvalue weighted by Crippen LogP contribution is -2.36. The van der Waals surface area contributed by atoms with Crippen molar-refractivity contribution in [2.24, 2.45) is 0 Å². The smallest absolute Gasteiger partial charge is 0.255 e. The zero-order valence-corrected chi connectivity index (χ0v) is 12.5. The summed E-state index contributed by atoms with van der Waals surface area (Å²) in [5.74, 6) is -0.111. The molecule has 2 aromatic rings. The van der Waals surface area contributed by atoms with Crippen molar-refractivity contribution in [2.75, 3.05) is 0 Å². The fraction of sp³-hybridized carbons (Fsp3) is 0.333. The maximum atomic E-state index is 12.4. The molecule has 0 bridgehead atoms. The van der Waals surface area contributed by atoms with Gasteiger partial charge in [0, 0.05) is 17.8 Å². The van der Waals surface area contributed by atoms with Crippen LogP contribution in [0.25, 0.3) is 11.1 Å². The standard InChI is InChI=1S/C18H20N2O2/c21-17(20-15-9-5-2-6-10-15)14-11-16(18(22)19-12-14)13-7-3-1-4-8-13/h1,3-4,7-8,11-12,15H,2,5-6,9-10H2,(H,19,22)(H,20,21). The largest absolute Gasteiger partial charge is 0.349 e. The van der Waals surface area contributed by atoms with Crippen molar-refractivity contribution >= 4 is 5.91 Å². The van der Waals surface area contributed by atoms with E-state index in [1.54, 1.807) is 6.07 Å². The molecule has 2 N–H and O–H groups in total. The predicted octanol–water partition coefficient (Wildman–Crippen LogP) is 3.10. The van der Waals surface area contributed by atoms with Gasteiger partial charge in [0.05, 0.1) is 5.56 Å². The lowest BCUT2D eigenvalue weighted by Gasteiger charge is -2.22. The molecular weight excluding hydrogens is 276 g/mol. The van der Waals surface area contributed by atoms with Gasteiger partial charge in [0.15, 0.2) is 0 Å². The Morgan fingerprint density at radius 3 is 2.55 bits per heavy atom. The molecule has 0 saturated heterocycles. The molecule has 1 fully saturated rings. The summed E-state index contributed by atoms with van der Waals surface area (Å²) in [6.45, 7) is 0. The predicted molar refractivity (Wildman–Crippen MR) is 86.8 cm³/mol. The number of aromatic amines is 1. The van der Waals surface area contributed by atoms with Gasteiger partial charge < -0.3 is 10.3 Å². The average molecular weight is 296 g/mol. The van der Waals surface area contributed by atoms with Gasteiger partial charge in [-0.05, 0) is 24.5 Å². The van der Waals surface area contributed by atoms with Crippen molar-refractivity contribution in [3.05, 3.63) is 58.5 Å². The molecule has 1 amide bonds. The van der Waals surface area contributed by atoms with Crippen LogP contribution in [0.4, 0.5) is 0 Å². The summed E-state index contributed by atoms with van der Waals surface area (Å²) in [4.78, 5) is 27.0. The second kappa shape index (κ2) is 6.60. The highest BCUT2D eigenvalue weighted by molar-refractivity contribution is 5.95. The second-order valence-electron chi connectivity index (χ2n) is 5.81. The van der Waals surface area contributed by atoms with E-state index in [1.165, 1.54) is 25.5 Å². The first-order chi connectivity index (χ1) is 10.7. The first-order valence-electron chi connectivity index (χ1n) is 7.83. The van der Waals surface area contributed by atoms with Crippen LogP contribution >= 0.6 is 0 Å². The SMILES string of the molecule is O=C(NC1CCCCC1)c1c[nH]c(=O)c(-c2ccccc2)c1. The third-order valence-corrected chi connectivity index (χ3v) is 4.19. The number of benzene rings is 1. The molecule has 1 heterocycles. The third-order valence-electron chi connectivity index (χ3n) is 4.19. The Kier molecular flexibility index (Phi) is 4.37. The Bertz CT molecular complexity index is 701. The van der Waals surface area contributed by atoms with E-state index < -0.39 is 0 Å². The summed E-state index contributed by atoms with van der Waals surface area (Å²) in [5, 5.41) is 3.07. The number of nitrogens with one attached hydrogen (secondary N) is 2. The summed E-state index contributed by atoms with van der Waals surface area (Å²) < 4.78 is 0. The average Bonchev–Trinajstić information content (AvgIpc) is 2.57. The van der Waals surface area contributed by atoms with Crippen LogP contribution in [0, 0.1) is 0 Å². The lowest BCUT2D eigenvalue weighted by molar-refractivity contribution is 0.0927. The van der Waals surface area contributed by atoms with Gasteiger partial charge in [-0.1, -0.05) is 49.6 Å². The monoisotopic (exact) mass is 296 g/mol. The van der Waals surface area contributed by atoms with Gasteiger partial charge in [0.1, 0.15) is 0 Å². The molecule has 4 nitrogen and oxygen atoms in total. The Morgan fingerprint density at radius 2 is 1.82 bits per heavy atom. The van der Waals surface area contributed by atoms with E-state index in [4.69, 9.17) is 0 Å². The number of H-pyrrole nitrogens is 1. The molecule has 22 heavy (non-hydrogen) atoms. The van der Waals surface area contributed by atoms with E-state index in [-0.39, 0.29) is 17.5 Å². The minimum Gasteiger partial charge on any atom is -0.349 e. The van der Waals surface area contributed by atoms with Gasteiger partial charge in [0.2, 0.25) is 0 Å². The number of pyridine rings is 1. The first-order valence-corrected chi connectivity index (χ1v) is 7.83. The van der Waals surface area contributed by atoms with Crippen LogP contribution in [-0.2, 0) is 0 Å². The van der Waals surface area contributed by atoms with E-state index in [1.807, 2.05) is 30.3 Å². The molecule has 1 aliphatic carbocycles. The fourth-order valence-electron chi connectivity index (χ4n) is 2.96. The third kappa shape index (κ3) is 3.27. The van der Waals surface area contributed by atoms with Gasteiger partial charge in [0.25, 0.3) is 11.5 Å². The number of carbonyl (C=O) groups is 1. The summed E-state index contributed by atoms with van der Waals surface area (Å²) in [6.07, 6.45) is 7.18. The molecule has 1 aromatic heterocycles. The molecule has 0 spiro atoms. The number of rotatable bonds is 3. The van der Waals surface area contributed by atoms with Crippen LogP contribution in [0.1, 0.15) is 42.5 Å². The van der Waals surface area contributed by atoms with Crippen molar-refractivity contribution in [1.29, 1.82) is 0 Å². The number of amides is 1. The van der Waals surface area contributed by atoms with Gasteiger partial charge in [-0.3, -0.25) is 9.59 Å². The van der Waals surface area contributed by atoms with Gasteiger partial charge in [-0.25, -0.2) is 0 Å². The van der Waals surface area contributed by atoms with Crippen LogP contribution in [0.2, 0.25) is 0 Å². The van der Waals surface area contributed by atoms with E-state index in [2.05, 4.69) is 10.3 Å². The van der Waals surface area contributed by atoms with Crippen LogP contribution in [0.15, 0.2) is 47.4 Å². The molecule has 0 unspecified atom stereocenters. The minimum absolute atomic E-state index is 0.111. The lowest BCUT2D eigenvalue weighted by atomic mass is 9.95. The van der Waals surface area contributed by atoms with Gasteiger partial charge in [-0.15, -0.1) is 0 Å². The molecule has 3 rings (SSSR count). The Balaban J connectivity index is 1.82. The van der Waals surface area contributed by atoms with E-state index in [9.17, 15) is 9.59 Å². The highest BCUT2D eigenvalue weighted by atomic mass is 16.2. The zero-order valence-electron chi connectivity index (χ0n) is 12.5. The van der Waals surface area contributed by atoms with E-state index >= 15 is 0 Å². The maximum Gasteiger partial charge on any atom is 0.255 e. The highest BCUT2D eigenvalue weighted by Crippen LogP contribution is 2.19. The molecule has 4 heteroatoms. The fourth-order valence-corrected chi connectivity index (χ4v) is 2.96. The summed E-state index contributed by atoms with van der Waals surface area (Å²) in [5.41, 5.74) is 1.66. The van der Waals surface area contributed by atoms with E-state index in [0.29, 0.717) is 11.1 Å². The normalized spacial score (nSPS) is 15.5. The Morgan fingerprint density at radius 1 is 1.09 bits per heavy atom. The topological polar surface area (TPSA) is 62.0 Å². The molecule has 0 atom stereocenters. The van der Waals surface area contributed by atoms with Crippen LogP contribution in [-0.4, -0.2) is 16.9 Å². The number of hydrogen-bond donors (Lipinski definition) is 2. The summed E-state index contributed by atoms with van der Waals surface area (Å²) in [7, 11) is 0. The van der Waals surface area contributed by atoms with Crippen LogP contribution < -0.4 is 10.9 Å². The molecular formula is C18H20N2O2. The molecule has 114 valence electrons. The summed E-state index contributed by atoms with van der Waals surface area (Å²) in [6, 6.07) is 11.3. The van der Waals surface area contributed by atoms with Gasteiger partial charge in [-0.2, -0.15) is 0 Å². The number of hydrogen-bond acceptors (Lipinski definition) is 2. The molecule has 1 aromatic carbocycles. The molecule has 1 aliphatic rings. The molecule has 1 saturated carbocycles. The number of aromatic nitrogens is 1. The van der Waals surface area contributed by atoms with Crippen molar-refractivity contribution in [3.8, 4) is 11.1 Å². The zero-order chi connectivity index (χ0) is 15.4. The molecule has 0 radical (unpaired) electrons. The van der Waals surface area contributed by atoms with Crippen molar-refractivity contribution < 1.29 is 4.79 Å². The quantitative estimate of drug-likeness (QED) is 0.914. The summed E-state index contributed by atoms with van der Waals surface area (Å²) >= 11 is 0. The van der Waals surface area contributed by atoms with Crippen molar-refractivity contribution in [1.82, 2.24) is 10.3 Å². The van der Waals surface area contributed by atoms with Crippen molar-refractivity contribution in [3.63, 3.8) is 0 Å². The number of carbonyl (C=O) groups excluding carboxylic acids is 1. The maximum absolute atomic E-state index is 12.4. The van der Waals surface area contributed by atoms with Gasteiger partial charge >= 0.3 is 0 Å². The molecule has 0 aliphatic heterocycles. The van der Waals surface area contributed by atoms with Crippen LogP contribution in [0.5, 0.6) is 0 Å². The Hall–Kier alpha value is -2.36. The van der Waals surface area contributed by atoms with E-state index in [0.717, 1.165) is 18.4 Å². The highest BCUT2D eigenvalue weighted by Gasteiger charge is 2.17. The second-order valence-corrected chi connectivity index (χ2v) is 5.81. The van der Waals surface area contributed by atoms with Crippen molar-refractivity contribution in [2.45, 2.75) is 38.1 Å².